The Bertz CT molecular complexity index is 1900. The van der Waals surface area contributed by atoms with E-state index in [1.165, 1.54) is 60.7 Å². The molecule has 5 rings (SSSR count). The molecular weight excluding hydrogens is 688 g/mol. The van der Waals surface area contributed by atoms with Crippen LogP contribution in [0.1, 0.15) is 47.0 Å². The number of benzene rings is 5. The number of carbonyl (C=O) groups excluding carboxylic acids is 4. The van der Waals surface area contributed by atoms with Crippen molar-refractivity contribution in [2.24, 2.45) is 0 Å². The quantitative estimate of drug-likeness (QED) is 0.0368. The van der Waals surface area contributed by atoms with E-state index in [0.29, 0.717) is 25.1 Å². The number of hydrogen-bond donors (Lipinski definition) is 0. The maximum Gasteiger partial charge on any atom is 0.530 e. The Hall–Kier alpha value is -6.00. The number of non-ortho nitro benzene ring substituents is 1. The van der Waals surface area contributed by atoms with Crippen molar-refractivity contribution < 1.29 is 51.2 Å². The van der Waals surface area contributed by atoms with Crippen LogP contribution in [0, 0.1) is 10.1 Å². The van der Waals surface area contributed by atoms with Crippen molar-refractivity contribution >= 4 is 48.0 Å². The molecule has 5 aromatic rings. The third-order valence-electron chi connectivity index (χ3n) is 6.64. The summed E-state index contributed by atoms with van der Waals surface area (Å²) in [5, 5.41) is 11.8. The number of nitro benzene ring substituents is 1. The molecule has 252 valence electrons. The van der Waals surface area contributed by atoms with Crippen molar-refractivity contribution in [2.45, 2.75) is 6.61 Å². The van der Waals surface area contributed by atoms with E-state index in [2.05, 4.69) is 0 Å². The van der Waals surface area contributed by atoms with Crippen LogP contribution in [-0.2, 0) is 11.1 Å². The van der Waals surface area contributed by atoms with E-state index in [0.717, 1.165) is 6.07 Å². The summed E-state index contributed by atoms with van der Waals surface area (Å²) >= 11 is 0. The Balaban J connectivity index is 1.49. The molecule has 0 aromatic heterocycles. The molecular formula is C35H25NO12P2. The second kappa shape index (κ2) is 17.4. The summed E-state index contributed by atoms with van der Waals surface area (Å²) in [6.45, 7) is -0.329. The van der Waals surface area contributed by atoms with Crippen LogP contribution in [0.2, 0.25) is 0 Å². The number of aldehydes is 4. The predicted molar refractivity (Wildman–Crippen MR) is 182 cm³/mol. The maximum absolute atomic E-state index is 11.8. The zero-order valence-corrected chi connectivity index (χ0v) is 27.5. The second-order valence-corrected chi connectivity index (χ2v) is 11.9. The summed E-state index contributed by atoms with van der Waals surface area (Å²) < 4.78 is 36.1. The summed E-state index contributed by atoms with van der Waals surface area (Å²) in [6, 6.07) is 29.0. The van der Waals surface area contributed by atoms with Gasteiger partial charge in [0.25, 0.3) is 5.69 Å². The number of para-hydroxylation sites is 4. The fourth-order valence-corrected chi connectivity index (χ4v) is 6.29. The molecule has 0 aliphatic heterocycles. The van der Waals surface area contributed by atoms with E-state index in [-0.39, 0.29) is 68.9 Å². The summed E-state index contributed by atoms with van der Waals surface area (Å²) in [5.74, 6) is 0.367. The largest absolute Gasteiger partial charge is 0.530 e. The van der Waals surface area contributed by atoms with Gasteiger partial charge in [0.1, 0.15) is 28.7 Å². The molecule has 5 aromatic carbocycles. The van der Waals surface area contributed by atoms with Crippen molar-refractivity contribution in [1.82, 2.24) is 0 Å². The summed E-state index contributed by atoms with van der Waals surface area (Å²) in [4.78, 5) is 58.0. The average molecular weight is 714 g/mol. The lowest BCUT2D eigenvalue weighted by atomic mass is 10.2. The van der Waals surface area contributed by atoms with Crippen LogP contribution < -0.4 is 22.6 Å². The highest BCUT2D eigenvalue weighted by atomic mass is 31.2. The van der Waals surface area contributed by atoms with Gasteiger partial charge in [-0.2, -0.15) is 0 Å². The third kappa shape index (κ3) is 9.12. The van der Waals surface area contributed by atoms with Gasteiger partial charge in [-0.05, 0) is 54.6 Å². The topological polar surface area (TPSA) is 167 Å². The van der Waals surface area contributed by atoms with Gasteiger partial charge >= 0.3 is 17.2 Å². The van der Waals surface area contributed by atoms with Gasteiger partial charge in [-0.1, -0.05) is 48.5 Å². The van der Waals surface area contributed by atoms with Crippen LogP contribution in [0.3, 0.4) is 0 Å². The molecule has 0 unspecified atom stereocenters. The Morgan fingerprint density at radius 3 is 1.24 bits per heavy atom. The minimum absolute atomic E-state index is 0.0911. The van der Waals surface area contributed by atoms with Gasteiger partial charge in [0.15, 0.2) is 25.1 Å². The zero-order valence-electron chi connectivity index (χ0n) is 25.7. The molecule has 0 saturated heterocycles. The summed E-state index contributed by atoms with van der Waals surface area (Å²) in [5.41, 5.74) is 0.668. The zero-order chi connectivity index (χ0) is 35.3. The Labute approximate surface area is 287 Å². The normalized spacial score (nSPS) is 10.6. The Kier molecular flexibility index (Phi) is 12.3. The lowest BCUT2D eigenvalue weighted by Crippen LogP contribution is -2.07. The van der Waals surface area contributed by atoms with Crippen LogP contribution in [-0.4, -0.2) is 30.1 Å². The van der Waals surface area contributed by atoms with Crippen molar-refractivity contribution in [3.05, 3.63) is 153 Å². The van der Waals surface area contributed by atoms with Crippen LogP contribution in [0.25, 0.3) is 0 Å². The molecule has 15 heteroatoms. The minimum atomic E-state index is -2.53. The van der Waals surface area contributed by atoms with Gasteiger partial charge in [-0.25, -0.2) is 0 Å². The number of nitro groups is 1. The van der Waals surface area contributed by atoms with E-state index in [9.17, 15) is 29.3 Å². The first kappa shape index (κ1) is 35.3. The molecule has 0 atom stereocenters. The molecule has 0 amide bonds. The fraction of sp³-hybridized carbons (Fsp3) is 0.0286. The minimum Gasteiger partial charge on any atom is -0.417 e. The summed E-state index contributed by atoms with van der Waals surface area (Å²) in [6.07, 6.45) is 2.34. The van der Waals surface area contributed by atoms with Crippen LogP contribution in [0.5, 0.6) is 28.7 Å². The molecule has 0 bridgehead atoms. The lowest BCUT2D eigenvalue weighted by Gasteiger charge is -2.22. The van der Waals surface area contributed by atoms with Gasteiger partial charge in [0.05, 0.1) is 39.9 Å². The first-order chi connectivity index (χ1) is 24.4. The number of carbonyl (C=O) groups is 4. The van der Waals surface area contributed by atoms with Crippen molar-refractivity contribution in [3.8, 4) is 28.7 Å². The second-order valence-electron chi connectivity index (χ2n) is 9.85. The van der Waals surface area contributed by atoms with Crippen molar-refractivity contribution in [2.75, 3.05) is 0 Å². The van der Waals surface area contributed by atoms with Crippen LogP contribution >= 0.6 is 17.2 Å². The van der Waals surface area contributed by atoms with E-state index in [1.807, 2.05) is 0 Å². The lowest BCUT2D eigenvalue weighted by molar-refractivity contribution is -0.384. The van der Waals surface area contributed by atoms with E-state index < -0.39 is 22.1 Å². The highest BCUT2D eigenvalue weighted by molar-refractivity contribution is 7.43. The molecule has 0 heterocycles. The van der Waals surface area contributed by atoms with Gasteiger partial charge in [-0.3, -0.25) is 33.8 Å². The molecule has 0 aliphatic rings. The van der Waals surface area contributed by atoms with E-state index >= 15 is 0 Å². The SMILES string of the molecule is O=Cc1ccccc1OP(OCc1ccc([N+](=O)[O-])cc1OP(Oc1ccccc1C=O)Oc1ccccc1C=O)Oc1ccccc1C=O. The Morgan fingerprint density at radius 1 is 0.500 bits per heavy atom. The molecule has 0 aliphatic carbocycles. The molecule has 0 saturated carbocycles. The van der Waals surface area contributed by atoms with Gasteiger partial charge in [0.2, 0.25) is 0 Å². The van der Waals surface area contributed by atoms with Crippen LogP contribution in [0.4, 0.5) is 5.69 Å². The van der Waals surface area contributed by atoms with Gasteiger partial charge < -0.3 is 22.6 Å². The maximum atomic E-state index is 11.8. The van der Waals surface area contributed by atoms with Gasteiger partial charge in [0, 0.05) is 11.6 Å². The highest BCUT2D eigenvalue weighted by Crippen LogP contribution is 2.48. The smallest absolute Gasteiger partial charge is 0.417 e. The number of rotatable bonds is 18. The van der Waals surface area contributed by atoms with Crippen LogP contribution in [0.15, 0.2) is 115 Å². The molecule has 0 fully saturated rings. The third-order valence-corrected chi connectivity index (χ3v) is 8.70. The highest BCUT2D eigenvalue weighted by Gasteiger charge is 2.27. The Morgan fingerprint density at radius 2 is 0.860 bits per heavy atom. The fourth-order valence-electron chi connectivity index (χ4n) is 4.16. The van der Waals surface area contributed by atoms with Crippen molar-refractivity contribution in [1.29, 1.82) is 0 Å². The van der Waals surface area contributed by atoms with E-state index in [4.69, 9.17) is 27.1 Å². The first-order valence-electron chi connectivity index (χ1n) is 14.5. The molecule has 50 heavy (non-hydrogen) atoms. The number of nitrogens with zero attached hydrogens (tertiary/aromatic N) is 1. The summed E-state index contributed by atoms with van der Waals surface area (Å²) in [7, 11) is -4.90. The first-order valence-corrected chi connectivity index (χ1v) is 16.7. The molecule has 0 N–H and O–H groups in total. The monoisotopic (exact) mass is 713 g/mol. The van der Waals surface area contributed by atoms with Crippen molar-refractivity contribution in [3.63, 3.8) is 0 Å². The molecule has 13 nitrogen and oxygen atoms in total. The van der Waals surface area contributed by atoms with Gasteiger partial charge in [-0.15, -0.1) is 0 Å². The predicted octanol–water partition coefficient (Wildman–Crippen LogP) is 8.51. The number of hydrogen-bond acceptors (Lipinski definition) is 12. The molecule has 0 radical (unpaired) electrons. The van der Waals surface area contributed by atoms with E-state index in [1.54, 1.807) is 48.5 Å². The molecule has 0 spiro atoms. The average Bonchev–Trinajstić information content (AvgIpc) is 3.15. The standard InChI is InChI=1S/C35H25NO12P2/c37-20-25-9-1-5-13-31(25)44-49(45-32-14-6-2-10-26(32)21-38)43-24-29-17-18-30(36(41)42)19-35(29)48-50(46-33-15-7-3-11-27(33)22-39)47-34-16-8-4-12-28(34)23-40/h1-23H,24H2.